The Kier molecular flexibility index (Phi) is 7.78. The Bertz CT molecular complexity index is 3020. The van der Waals surface area contributed by atoms with Gasteiger partial charge in [-0.15, -0.1) is 0 Å². The Morgan fingerprint density at radius 2 is 1.16 bits per heavy atom. The predicted octanol–water partition coefficient (Wildman–Crippen LogP) is 12.5. The first-order chi connectivity index (χ1) is 27.9. The number of aromatic nitrogens is 4. The molecule has 9 aromatic rings. The number of benzene rings is 7. The van der Waals surface area contributed by atoms with Gasteiger partial charge in [-0.05, 0) is 59.7 Å². The molecule has 268 valence electrons. The van der Waals surface area contributed by atoms with Gasteiger partial charge < -0.3 is 9.47 Å². The Balaban J connectivity index is 1.22. The highest BCUT2D eigenvalue weighted by Crippen LogP contribution is 2.53. The standard InChI is InChI=1S/C50H33N7/c1-50(2)39-24-14-16-26-43(39)56(35-21-11-6-12-22-35)45-29-38-37-23-13-15-25-42(37)57(44(38)30-40(45)50)36-27-34(31-51)46(41(28-36)52-3)49-54-47(32-17-7-4-8-18-32)53-48(55-49)33-19-9-5-10-20-33/h4-30H,1-2H3. The van der Waals surface area contributed by atoms with Crippen molar-refractivity contribution in [3.05, 3.63) is 192 Å². The lowest BCUT2D eigenvalue weighted by Gasteiger charge is -2.42. The van der Waals surface area contributed by atoms with Crippen LogP contribution in [-0.2, 0) is 5.41 Å². The maximum Gasteiger partial charge on any atom is 0.201 e. The largest absolute Gasteiger partial charge is 0.310 e. The normalized spacial score (nSPS) is 12.8. The molecule has 0 fully saturated rings. The minimum Gasteiger partial charge on any atom is -0.310 e. The number of para-hydroxylation sites is 3. The van der Waals surface area contributed by atoms with Crippen molar-refractivity contribution in [2.75, 3.05) is 4.90 Å². The summed E-state index contributed by atoms with van der Waals surface area (Å²) in [6.45, 7) is 13.0. The van der Waals surface area contributed by atoms with Gasteiger partial charge in [-0.25, -0.2) is 19.8 Å². The second-order valence-corrected chi connectivity index (χ2v) is 14.7. The smallest absolute Gasteiger partial charge is 0.201 e. The highest BCUT2D eigenvalue weighted by molar-refractivity contribution is 6.12. The van der Waals surface area contributed by atoms with Crippen LogP contribution in [0.5, 0.6) is 0 Å². The lowest BCUT2D eigenvalue weighted by atomic mass is 9.73. The van der Waals surface area contributed by atoms with E-state index in [2.05, 4.69) is 113 Å². The highest BCUT2D eigenvalue weighted by atomic mass is 15.2. The third-order valence-electron chi connectivity index (χ3n) is 11.1. The van der Waals surface area contributed by atoms with Crippen LogP contribution in [0.3, 0.4) is 0 Å². The van der Waals surface area contributed by atoms with Crippen LogP contribution in [-0.4, -0.2) is 19.5 Å². The molecule has 1 aliphatic rings. The molecule has 7 heteroatoms. The van der Waals surface area contributed by atoms with Crippen LogP contribution < -0.4 is 4.90 Å². The van der Waals surface area contributed by atoms with E-state index in [0.717, 1.165) is 50.0 Å². The van der Waals surface area contributed by atoms with Crippen molar-refractivity contribution in [2.24, 2.45) is 0 Å². The van der Waals surface area contributed by atoms with Crippen LogP contribution in [0.2, 0.25) is 0 Å². The third-order valence-corrected chi connectivity index (χ3v) is 11.1. The Hall–Kier alpha value is -7.87. The van der Waals surface area contributed by atoms with Gasteiger partial charge in [-0.1, -0.05) is 129 Å². The van der Waals surface area contributed by atoms with E-state index in [-0.39, 0.29) is 16.9 Å². The summed E-state index contributed by atoms with van der Waals surface area (Å²) in [5, 5.41) is 13.0. The van der Waals surface area contributed by atoms with Gasteiger partial charge >= 0.3 is 0 Å². The fraction of sp³-hybridized carbons (Fsp3) is 0.0600. The molecule has 3 heterocycles. The second kappa shape index (κ2) is 13.2. The van der Waals surface area contributed by atoms with Crippen LogP contribution in [0.15, 0.2) is 164 Å². The quantitative estimate of drug-likeness (QED) is 0.165. The van der Waals surface area contributed by atoms with Crippen LogP contribution in [0.25, 0.3) is 66.5 Å². The molecule has 0 unspecified atom stereocenters. The van der Waals surface area contributed by atoms with E-state index in [1.807, 2.05) is 84.9 Å². The SMILES string of the molecule is [C-]#[N+]c1cc(-n2c3ccccc3c3cc4c(cc32)C(C)(C)c2ccccc2N4c2ccccc2)cc(C#N)c1-c1nc(-c2ccccc2)nc(-c2ccccc2)n1. The average molecular weight is 732 g/mol. The van der Waals surface area contributed by atoms with Crippen molar-refractivity contribution in [3.63, 3.8) is 0 Å². The molecule has 0 radical (unpaired) electrons. The van der Waals surface area contributed by atoms with Gasteiger partial charge in [-0.3, -0.25) is 0 Å². The van der Waals surface area contributed by atoms with Gasteiger partial charge in [0.25, 0.3) is 0 Å². The number of rotatable bonds is 5. The Morgan fingerprint density at radius 1 is 0.561 bits per heavy atom. The Labute approximate surface area is 330 Å². The van der Waals surface area contributed by atoms with Gasteiger partial charge in [0.15, 0.2) is 17.5 Å². The highest BCUT2D eigenvalue weighted by Gasteiger charge is 2.38. The van der Waals surface area contributed by atoms with Crippen molar-refractivity contribution < 1.29 is 0 Å². The zero-order valence-electron chi connectivity index (χ0n) is 31.2. The molecule has 0 amide bonds. The summed E-state index contributed by atoms with van der Waals surface area (Å²) in [6.07, 6.45) is 0. The van der Waals surface area contributed by atoms with E-state index in [9.17, 15) is 5.26 Å². The molecular weight excluding hydrogens is 699 g/mol. The van der Waals surface area contributed by atoms with Crippen LogP contribution in [0.4, 0.5) is 22.7 Å². The van der Waals surface area contributed by atoms with Gasteiger partial charge in [-0.2, -0.15) is 5.26 Å². The second-order valence-electron chi connectivity index (χ2n) is 14.7. The molecule has 1 aliphatic heterocycles. The number of hydrogen-bond acceptors (Lipinski definition) is 5. The summed E-state index contributed by atoms with van der Waals surface area (Å²) in [5.41, 5.74) is 10.7. The van der Waals surface area contributed by atoms with E-state index in [0.29, 0.717) is 28.5 Å². The van der Waals surface area contributed by atoms with Crippen molar-refractivity contribution in [3.8, 4) is 45.9 Å². The lowest BCUT2D eigenvalue weighted by Crippen LogP contribution is -2.30. The summed E-state index contributed by atoms with van der Waals surface area (Å²) >= 11 is 0. The zero-order chi connectivity index (χ0) is 38.7. The number of nitriles is 1. The number of nitrogens with zero attached hydrogens (tertiary/aromatic N) is 7. The molecule has 0 aliphatic carbocycles. The topological polar surface area (TPSA) is 75.0 Å². The summed E-state index contributed by atoms with van der Waals surface area (Å²) < 4.78 is 2.19. The molecule has 0 saturated heterocycles. The van der Waals surface area contributed by atoms with Crippen LogP contribution in [0.1, 0.15) is 30.5 Å². The summed E-state index contributed by atoms with van der Waals surface area (Å²) in [4.78, 5) is 21.0. The van der Waals surface area contributed by atoms with Crippen molar-refractivity contribution >= 4 is 44.6 Å². The van der Waals surface area contributed by atoms with Crippen molar-refractivity contribution in [1.29, 1.82) is 5.26 Å². The van der Waals surface area contributed by atoms with Gasteiger partial charge in [0.05, 0.1) is 40.6 Å². The predicted molar refractivity (Wildman–Crippen MR) is 228 cm³/mol. The molecule has 0 bridgehead atoms. The molecule has 10 rings (SSSR count). The number of fused-ring (bicyclic) bond motifs is 5. The molecular formula is C50H33N7. The van der Waals surface area contributed by atoms with Crippen molar-refractivity contribution in [1.82, 2.24) is 19.5 Å². The maximum absolute atomic E-state index is 10.8. The average Bonchev–Trinajstić information content (AvgIpc) is 3.59. The van der Waals surface area contributed by atoms with E-state index < -0.39 is 0 Å². The molecule has 0 atom stereocenters. The van der Waals surface area contributed by atoms with E-state index in [4.69, 9.17) is 21.5 Å². The monoisotopic (exact) mass is 731 g/mol. The van der Waals surface area contributed by atoms with Crippen LogP contribution >= 0.6 is 0 Å². The fourth-order valence-electron chi connectivity index (χ4n) is 8.37. The first-order valence-corrected chi connectivity index (χ1v) is 18.8. The van der Waals surface area contributed by atoms with Crippen molar-refractivity contribution in [2.45, 2.75) is 19.3 Å². The van der Waals surface area contributed by atoms with Crippen LogP contribution in [0, 0.1) is 17.9 Å². The van der Waals surface area contributed by atoms with E-state index >= 15 is 0 Å². The first-order valence-electron chi connectivity index (χ1n) is 18.8. The molecule has 0 saturated carbocycles. The minimum absolute atomic E-state index is 0.273. The zero-order valence-corrected chi connectivity index (χ0v) is 31.2. The molecule has 0 spiro atoms. The van der Waals surface area contributed by atoms with E-state index in [1.165, 1.54) is 11.1 Å². The number of hydrogen-bond donors (Lipinski definition) is 0. The molecule has 2 aromatic heterocycles. The molecule has 7 aromatic carbocycles. The summed E-state index contributed by atoms with van der Waals surface area (Å²) in [5.74, 6) is 1.20. The number of anilines is 3. The lowest BCUT2D eigenvalue weighted by molar-refractivity contribution is 0.632. The Morgan fingerprint density at radius 3 is 1.82 bits per heavy atom. The molecule has 57 heavy (non-hydrogen) atoms. The van der Waals surface area contributed by atoms with Gasteiger partial charge in [0.1, 0.15) is 0 Å². The van der Waals surface area contributed by atoms with E-state index in [1.54, 1.807) is 0 Å². The summed E-state index contributed by atoms with van der Waals surface area (Å²) in [6, 6.07) is 57.6. The summed E-state index contributed by atoms with van der Waals surface area (Å²) in [7, 11) is 0. The first kappa shape index (κ1) is 33.7. The van der Waals surface area contributed by atoms with Gasteiger partial charge in [0, 0.05) is 44.3 Å². The minimum atomic E-state index is -0.332. The molecule has 7 nitrogen and oxygen atoms in total. The maximum atomic E-state index is 10.8. The molecule has 0 N–H and O–H groups in total. The third kappa shape index (κ3) is 5.37. The fourth-order valence-corrected chi connectivity index (χ4v) is 8.37. The van der Waals surface area contributed by atoms with Gasteiger partial charge in [0.2, 0.25) is 5.69 Å².